The van der Waals surface area contributed by atoms with E-state index in [0.29, 0.717) is 5.82 Å². The van der Waals surface area contributed by atoms with Crippen LogP contribution in [0.3, 0.4) is 0 Å². The van der Waals surface area contributed by atoms with Gasteiger partial charge in [0.25, 0.3) is 0 Å². The number of anilines is 1. The Hall–Kier alpha value is -1.70. The molecule has 2 aromatic rings. The highest BCUT2D eigenvalue weighted by Crippen LogP contribution is 2.24. The van der Waals surface area contributed by atoms with Crippen LogP contribution >= 0.6 is 11.5 Å². The molecule has 0 aromatic carbocycles. The average Bonchev–Trinajstić information content (AvgIpc) is 2.75. The van der Waals surface area contributed by atoms with Crippen molar-refractivity contribution < 1.29 is 0 Å². The van der Waals surface area contributed by atoms with Crippen LogP contribution in [0.1, 0.15) is 12.6 Å². The van der Waals surface area contributed by atoms with Gasteiger partial charge in [-0.25, -0.2) is 4.68 Å². The van der Waals surface area contributed by atoms with Crippen LogP contribution in [0.15, 0.2) is 0 Å². The maximum absolute atomic E-state index is 5.64. The van der Waals surface area contributed by atoms with Crippen molar-refractivity contribution in [3.8, 4) is 10.7 Å². The summed E-state index contributed by atoms with van der Waals surface area (Å²) in [5, 5.41) is 11.5. The molecular formula is C6H9N7S. The lowest BCUT2D eigenvalue weighted by Crippen LogP contribution is -2.13. The Bertz CT molecular complexity index is 445. The van der Waals surface area contributed by atoms with E-state index in [4.69, 9.17) is 11.6 Å². The van der Waals surface area contributed by atoms with Crippen LogP contribution in [0.25, 0.3) is 10.7 Å². The maximum atomic E-state index is 5.64. The molecule has 0 bridgehead atoms. The quantitative estimate of drug-likeness (QED) is 0.657. The van der Waals surface area contributed by atoms with Gasteiger partial charge in [-0.05, 0) is 18.0 Å². The topological polar surface area (TPSA) is 109 Å². The van der Waals surface area contributed by atoms with E-state index >= 15 is 0 Å². The molecule has 0 spiro atoms. The summed E-state index contributed by atoms with van der Waals surface area (Å²) in [4.78, 5) is 0.819. The monoisotopic (exact) mass is 211 g/mol. The first-order valence-corrected chi connectivity index (χ1v) is 4.79. The first-order chi connectivity index (χ1) is 6.74. The molecule has 0 unspecified atom stereocenters. The Morgan fingerprint density at radius 2 is 2.14 bits per heavy atom. The molecular weight excluding hydrogens is 202 g/mol. The first-order valence-electron chi connectivity index (χ1n) is 4.01. The van der Waals surface area contributed by atoms with Crippen molar-refractivity contribution in [1.29, 1.82) is 0 Å². The molecule has 14 heavy (non-hydrogen) atoms. The van der Waals surface area contributed by atoms with Gasteiger partial charge in [0.1, 0.15) is 4.88 Å². The van der Waals surface area contributed by atoms with E-state index in [-0.39, 0.29) is 5.95 Å². The van der Waals surface area contributed by atoms with Crippen molar-refractivity contribution in [2.45, 2.75) is 13.3 Å². The zero-order valence-electron chi connectivity index (χ0n) is 7.51. The lowest BCUT2D eigenvalue weighted by molar-refractivity contribution is 0.974. The van der Waals surface area contributed by atoms with Gasteiger partial charge in [-0.2, -0.15) is 0 Å². The third kappa shape index (κ3) is 1.20. The third-order valence-corrected chi connectivity index (χ3v) is 2.58. The molecule has 7 nitrogen and oxygen atoms in total. The van der Waals surface area contributed by atoms with Gasteiger partial charge in [0, 0.05) is 0 Å². The highest BCUT2D eigenvalue weighted by atomic mass is 32.1. The molecule has 2 heterocycles. The van der Waals surface area contributed by atoms with E-state index < -0.39 is 0 Å². The lowest BCUT2D eigenvalue weighted by Gasteiger charge is -1.98. The number of aromatic nitrogens is 5. The van der Waals surface area contributed by atoms with Gasteiger partial charge in [0.05, 0.1) is 5.69 Å². The number of hydrogen-bond donors (Lipinski definition) is 2. The molecule has 2 aromatic heterocycles. The van der Waals surface area contributed by atoms with Crippen molar-refractivity contribution in [3.05, 3.63) is 5.69 Å². The van der Waals surface area contributed by atoms with Crippen molar-refractivity contribution in [2.24, 2.45) is 0 Å². The van der Waals surface area contributed by atoms with Crippen LogP contribution in [0.5, 0.6) is 0 Å². The van der Waals surface area contributed by atoms with Gasteiger partial charge >= 0.3 is 0 Å². The van der Waals surface area contributed by atoms with Gasteiger partial charge in [-0.1, -0.05) is 11.4 Å². The number of nitrogen functional groups attached to an aromatic ring is 2. The van der Waals surface area contributed by atoms with Crippen LogP contribution in [0, 0.1) is 0 Å². The number of nitrogens with zero attached hydrogens (tertiary/aromatic N) is 5. The fourth-order valence-electron chi connectivity index (χ4n) is 1.07. The Kier molecular flexibility index (Phi) is 2.04. The molecule has 0 aliphatic carbocycles. The Balaban J connectivity index is 2.54. The van der Waals surface area contributed by atoms with Crippen LogP contribution in [-0.4, -0.2) is 24.5 Å². The van der Waals surface area contributed by atoms with Gasteiger partial charge < -0.3 is 11.6 Å². The summed E-state index contributed by atoms with van der Waals surface area (Å²) < 4.78 is 5.06. The summed E-state index contributed by atoms with van der Waals surface area (Å²) in [7, 11) is 0. The zero-order chi connectivity index (χ0) is 10.1. The van der Waals surface area contributed by atoms with Crippen LogP contribution in [0.4, 0.5) is 5.95 Å². The largest absolute Gasteiger partial charge is 0.366 e. The van der Waals surface area contributed by atoms with E-state index in [1.807, 2.05) is 6.92 Å². The number of hydrogen-bond acceptors (Lipinski definition) is 7. The van der Waals surface area contributed by atoms with Crippen molar-refractivity contribution >= 4 is 17.5 Å². The van der Waals surface area contributed by atoms with E-state index in [9.17, 15) is 0 Å². The molecule has 0 aliphatic rings. The summed E-state index contributed by atoms with van der Waals surface area (Å²) >= 11 is 1.23. The standard InChI is InChI=1S/C6H9N7S/c1-2-3-4(14-12-9-3)5-10-11-6(7)13(5)8/h2,8H2,1H3,(H2,7,11). The van der Waals surface area contributed by atoms with Crippen molar-refractivity contribution in [2.75, 3.05) is 11.6 Å². The van der Waals surface area contributed by atoms with E-state index in [0.717, 1.165) is 17.0 Å². The zero-order valence-corrected chi connectivity index (χ0v) is 8.32. The minimum absolute atomic E-state index is 0.176. The van der Waals surface area contributed by atoms with Gasteiger partial charge in [0.15, 0.2) is 5.82 Å². The predicted molar refractivity (Wildman–Crippen MR) is 52.9 cm³/mol. The fraction of sp³-hybridized carbons (Fsp3) is 0.333. The van der Waals surface area contributed by atoms with E-state index in [1.165, 1.54) is 16.2 Å². The summed E-state index contributed by atoms with van der Waals surface area (Å²) in [6.07, 6.45) is 0.776. The highest BCUT2D eigenvalue weighted by Gasteiger charge is 2.15. The number of aryl methyl sites for hydroxylation is 1. The normalized spacial score (nSPS) is 10.6. The third-order valence-electron chi connectivity index (χ3n) is 1.82. The van der Waals surface area contributed by atoms with Crippen LogP contribution in [-0.2, 0) is 6.42 Å². The van der Waals surface area contributed by atoms with Crippen molar-refractivity contribution in [1.82, 2.24) is 24.5 Å². The molecule has 2 rings (SSSR count). The minimum Gasteiger partial charge on any atom is -0.366 e. The lowest BCUT2D eigenvalue weighted by atomic mass is 10.3. The van der Waals surface area contributed by atoms with E-state index in [2.05, 4.69) is 19.8 Å². The smallest absolute Gasteiger partial charge is 0.241 e. The summed E-state index contributed by atoms with van der Waals surface area (Å²) in [6, 6.07) is 0. The summed E-state index contributed by atoms with van der Waals surface area (Å²) in [5.41, 5.74) is 6.32. The molecule has 0 radical (unpaired) electrons. The van der Waals surface area contributed by atoms with Gasteiger partial charge in [0.2, 0.25) is 5.95 Å². The Labute approximate surface area is 83.9 Å². The van der Waals surface area contributed by atoms with E-state index in [1.54, 1.807) is 0 Å². The molecule has 74 valence electrons. The van der Waals surface area contributed by atoms with Crippen LogP contribution in [0.2, 0.25) is 0 Å². The minimum atomic E-state index is 0.176. The molecule has 0 saturated heterocycles. The molecule has 0 saturated carbocycles. The van der Waals surface area contributed by atoms with Crippen molar-refractivity contribution in [3.63, 3.8) is 0 Å². The van der Waals surface area contributed by atoms with Gasteiger partial charge in [-0.3, -0.25) is 0 Å². The number of rotatable bonds is 2. The average molecular weight is 211 g/mol. The maximum Gasteiger partial charge on any atom is 0.241 e. The second-order valence-electron chi connectivity index (χ2n) is 2.65. The second kappa shape index (κ2) is 3.22. The predicted octanol–water partition coefficient (Wildman–Crippen LogP) is -0.345. The van der Waals surface area contributed by atoms with Gasteiger partial charge in [-0.15, -0.1) is 15.3 Å². The molecule has 0 atom stereocenters. The highest BCUT2D eigenvalue weighted by molar-refractivity contribution is 7.09. The Morgan fingerprint density at radius 1 is 1.36 bits per heavy atom. The number of nitrogens with two attached hydrogens (primary N) is 2. The summed E-state index contributed by atoms with van der Waals surface area (Å²) in [6.45, 7) is 1.99. The second-order valence-corrected chi connectivity index (χ2v) is 3.41. The molecule has 0 aliphatic heterocycles. The Morgan fingerprint density at radius 3 is 2.71 bits per heavy atom. The summed E-state index contributed by atoms with van der Waals surface area (Å²) in [5.74, 6) is 6.32. The van der Waals surface area contributed by atoms with Crippen LogP contribution < -0.4 is 11.6 Å². The first kappa shape index (κ1) is 8.88. The molecule has 0 fully saturated rings. The fourth-order valence-corrected chi connectivity index (χ4v) is 1.80. The molecule has 0 amide bonds. The molecule has 4 N–H and O–H groups in total. The molecule has 8 heteroatoms. The SMILES string of the molecule is CCc1nnsc1-c1nnc(N)n1N.